The first-order valence-corrected chi connectivity index (χ1v) is 1.79. The summed E-state index contributed by atoms with van der Waals surface area (Å²) in [5, 5.41) is 0. The molecule has 0 saturated carbocycles. The smallest absolute Gasteiger partial charge is 0.110 e. The zero-order valence-electron chi connectivity index (χ0n) is 3.91. The lowest BCUT2D eigenvalue weighted by molar-refractivity contribution is 0.773. The fraction of sp³-hybridized carbons (Fsp3) is 0. The Morgan fingerprint density at radius 1 is 0.875 bits per heavy atom. The first-order chi connectivity index (χ1) is 3.91. The summed E-state index contributed by atoms with van der Waals surface area (Å²) in [7, 11) is 0. The van der Waals surface area contributed by atoms with Crippen LogP contribution in [-0.2, 0) is 0 Å². The molecule has 0 aromatic rings. The molecule has 0 aliphatic heterocycles. The molecule has 0 radical (unpaired) electrons. The van der Waals surface area contributed by atoms with Crippen LogP contribution in [-0.4, -0.2) is 0 Å². The second kappa shape index (κ2) is 5.72. The van der Waals surface area contributed by atoms with Gasteiger partial charge in [-0.15, -0.1) is 8.78 Å². The average Bonchev–Trinajstić information content (AvgIpc) is 1.81. The molecule has 40 valence electrons. The van der Waals surface area contributed by atoms with E-state index in [-0.39, 0.29) is 0 Å². The van der Waals surface area contributed by atoms with Gasteiger partial charge in [-0.1, -0.05) is 0 Å². The molecule has 0 unspecified atom stereocenters. The van der Waals surface area contributed by atoms with Crippen molar-refractivity contribution in [2.24, 2.45) is 0 Å². The fourth-order valence-electron chi connectivity index (χ4n) is 0.146. The topological polar surface area (TPSA) is 0 Å². The number of allylic oxidation sites excluding steroid dienone is 2. The normalized spacial score (nSPS) is 6.75. The van der Waals surface area contributed by atoms with Gasteiger partial charge in [0.05, 0.1) is 0 Å². The molecule has 0 fully saturated rings. The summed E-state index contributed by atoms with van der Waals surface area (Å²) < 4.78 is 21.7. The van der Waals surface area contributed by atoms with E-state index in [4.69, 9.17) is 0 Å². The van der Waals surface area contributed by atoms with E-state index in [2.05, 4.69) is 0 Å². The Bertz CT molecular complexity index is 160. The maximum atomic E-state index is 10.9. The molecule has 0 aromatic carbocycles. The second-order valence-corrected chi connectivity index (χ2v) is 0.811. The quantitative estimate of drug-likeness (QED) is 0.415. The van der Waals surface area contributed by atoms with Crippen LogP contribution in [0.15, 0.2) is 12.2 Å². The van der Waals surface area contributed by atoms with Gasteiger partial charge in [0.15, 0.2) is 0 Å². The Balaban J connectivity index is 3.56. The lowest BCUT2D eigenvalue weighted by Gasteiger charge is -1.56. The molecule has 2 heteroatoms. The molecule has 0 heterocycles. The van der Waals surface area contributed by atoms with Gasteiger partial charge in [0, 0.05) is 0 Å². The molecule has 0 spiro atoms. The highest BCUT2D eigenvalue weighted by molar-refractivity contribution is 5.21. The van der Waals surface area contributed by atoms with Crippen molar-refractivity contribution in [3.8, 4) is 24.2 Å². The number of hydrogen-bond donors (Lipinski definition) is 0. The predicted octanol–water partition coefficient (Wildman–Crippen LogP) is 1.40. The van der Waals surface area contributed by atoms with Crippen molar-refractivity contribution in [2.75, 3.05) is 0 Å². The van der Waals surface area contributed by atoms with Crippen LogP contribution in [0, 0.1) is 24.2 Å². The van der Waals surface area contributed by atoms with E-state index in [9.17, 15) is 8.78 Å². The highest BCUT2D eigenvalue weighted by atomic mass is 19.1. The molecular weight excluding hydrogens is 110 g/mol. The van der Waals surface area contributed by atoms with Gasteiger partial charge < -0.3 is 0 Å². The minimum atomic E-state index is 1.10. The Morgan fingerprint density at radius 2 is 1.25 bits per heavy atom. The van der Waals surface area contributed by atoms with Gasteiger partial charge >= 0.3 is 0 Å². The van der Waals surface area contributed by atoms with Crippen LogP contribution in [0.25, 0.3) is 0 Å². The van der Waals surface area contributed by atoms with Gasteiger partial charge in [-0.2, -0.15) is 0 Å². The number of halogens is 2. The third-order valence-electron chi connectivity index (χ3n) is 0.359. The van der Waals surface area contributed by atoms with Gasteiger partial charge in [-0.3, -0.25) is 0 Å². The highest BCUT2D eigenvalue weighted by Crippen LogP contribution is 1.66. The van der Waals surface area contributed by atoms with Crippen molar-refractivity contribution in [2.45, 2.75) is 0 Å². The van der Waals surface area contributed by atoms with Crippen molar-refractivity contribution in [3.05, 3.63) is 12.2 Å². The van der Waals surface area contributed by atoms with E-state index in [1.54, 1.807) is 0 Å². The van der Waals surface area contributed by atoms with E-state index in [0.29, 0.717) is 0 Å². The average molecular weight is 112 g/mol. The molecule has 0 nitrogen and oxygen atoms in total. The molecule has 0 aliphatic rings. The standard InChI is InChI=1S/C6H2F2/c7-5-3-1-2-4-6-8/h1-2H/b2-1-. The zero-order chi connectivity index (χ0) is 6.24. The first kappa shape index (κ1) is 6.72. The van der Waals surface area contributed by atoms with E-state index in [1.165, 1.54) is 0 Å². The summed E-state index contributed by atoms with van der Waals surface area (Å²) >= 11 is 0. The zero-order valence-corrected chi connectivity index (χ0v) is 3.91. The summed E-state index contributed by atoms with van der Waals surface area (Å²) in [6, 6.07) is 0. The predicted molar refractivity (Wildman–Crippen MR) is 26.9 cm³/mol. The van der Waals surface area contributed by atoms with E-state index < -0.39 is 0 Å². The Kier molecular flexibility index (Phi) is 4.80. The van der Waals surface area contributed by atoms with E-state index in [0.717, 1.165) is 24.5 Å². The largest absolute Gasteiger partial charge is 0.144 e. The van der Waals surface area contributed by atoms with Crippen LogP contribution < -0.4 is 0 Å². The van der Waals surface area contributed by atoms with Gasteiger partial charge in [-0.25, -0.2) is 0 Å². The van der Waals surface area contributed by atoms with Crippen molar-refractivity contribution in [1.82, 2.24) is 0 Å². The first-order valence-electron chi connectivity index (χ1n) is 1.79. The molecule has 0 amide bonds. The Hall–Kier alpha value is -1.28. The molecule has 0 rings (SSSR count). The van der Waals surface area contributed by atoms with Crippen LogP contribution in [0.2, 0.25) is 0 Å². The molecule has 0 atom stereocenters. The molecule has 0 bridgehead atoms. The summed E-state index contributed by atoms with van der Waals surface area (Å²) in [5.41, 5.74) is 0. The van der Waals surface area contributed by atoms with Gasteiger partial charge in [0.2, 0.25) is 0 Å². The summed E-state index contributed by atoms with van der Waals surface area (Å²) in [4.78, 5) is 0. The van der Waals surface area contributed by atoms with Crippen molar-refractivity contribution >= 4 is 0 Å². The molecule has 0 aliphatic carbocycles. The van der Waals surface area contributed by atoms with Crippen molar-refractivity contribution in [1.29, 1.82) is 0 Å². The minimum Gasteiger partial charge on any atom is -0.144 e. The third-order valence-corrected chi connectivity index (χ3v) is 0.359. The molecule has 0 N–H and O–H groups in total. The minimum absolute atomic E-state index is 1.10. The van der Waals surface area contributed by atoms with Gasteiger partial charge in [0.25, 0.3) is 0 Å². The fourth-order valence-corrected chi connectivity index (χ4v) is 0.146. The summed E-state index contributed by atoms with van der Waals surface area (Å²) in [5.74, 6) is 3.83. The lowest BCUT2D eigenvalue weighted by Crippen LogP contribution is -1.46. The molecule has 0 saturated heterocycles. The number of rotatable bonds is 0. The van der Waals surface area contributed by atoms with Crippen LogP contribution >= 0.6 is 0 Å². The van der Waals surface area contributed by atoms with E-state index >= 15 is 0 Å². The monoisotopic (exact) mass is 112 g/mol. The SMILES string of the molecule is FC#C/C=C\C#CF. The summed E-state index contributed by atoms with van der Waals surface area (Å²) in [6.07, 6.45) is 4.43. The van der Waals surface area contributed by atoms with Gasteiger partial charge in [0.1, 0.15) is 12.3 Å². The van der Waals surface area contributed by atoms with Crippen molar-refractivity contribution in [3.63, 3.8) is 0 Å². The Labute approximate surface area is 46.2 Å². The van der Waals surface area contributed by atoms with Crippen LogP contribution in [0.5, 0.6) is 0 Å². The maximum Gasteiger partial charge on any atom is 0.110 e. The molecular formula is C6H2F2. The summed E-state index contributed by atoms with van der Waals surface area (Å²) in [6.45, 7) is 0. The van der Waals surface area contributed by atoms with E-state index in [1.807, 2.05) is 11.8 Å². The highest BCUT2D eigenvalue weighted by Gasteiger charge is 1.55. The van der Waals surface area contributed by atoms with Crippen LogP contribution in [0.4, 0.5) is 8.78 Å². The van der Waals surface area contributed by atoms with Crippen molar-refractivity contribution < 1.29 is 8.78 Å². The Morgan fingerprint density at radius 3 is 1.50 bits per heavy atom. The van der Waals surface area contributed by atoms with Crippen LogP contribution in [0.1, 0.15) is 0 Å². The lowest BCUT2D eigenvalue weighted by atomic mass is 10.5. The van der Waals surface area contributed by atoms with Crippen LogP contribution in [0.3, 0.4) is 0 Å². The third kappa shape index (κ3) is 4.72. The molecule has 8 heavy (non-hydrogen) atoms. The maximum absolute atomic E-state index is 10.9. The molecule has 0 aromatic heterocycles. The van der Waals surface area contributed by atoms with Gasteiger partial charge in [-0.05, 0) is 24.0 Å². The second-order valence-electron chi connectivity index (χ2n) is 0.811. The number of hydrogen-bond acceptors (Lipinski definition) is 0.